The number of hydrogen-bond donors (Lipinski definition) is 2. The lowest BCUT2D eigenvalue weighted by Gasteiger charge is -2.29. The number of rotatable bonds is 5. The van der Waals surface area contributed by atoms with Gasteiger partial charge in [0.25, 0.3) is 5.69 Å². The topological polar surface area (TPSA) is 131 Å². The van der Waals surface area contributed by atoms with Crippen LogP contribution in [0.3, 0.4) is 0 Å². The highest BCUT2D eigenvalue weighted by Crippen LogP contribution is 2.35. The van der Waals surface area contributed by atoms with Crippen molar-refractivity contribution < 1.29 is 24.0 Å². The van der Waals surface area contributed by atoms with Crippen LogP contribution in [-0.2, 0) is 14.4 Å². The molecule has 2 aromatic rings. The van der Waals surface area contributed by atoms with Crippen LogP contribution < -0.4 is 20.3 Å². The Bertz CT molecular complexity index is 974. The van der Waals surface area contributed by atoms with E-state index >= 15 is 0 Å². The summed E-state index contributed by atoms with van der Waals surface area (Å²) in [7, 11) is 0. The second kappa shape index (κ2) is 7.74. The number of nitrogens with zero attached hydrogens (tertiary/aromatic N) is 2. The number of carbonyl (C=O) groups excluding carboxylic acids is 3. The first kappa shape index (κ1) is 18.8. The van der Waals surface area contributed by atoms with Crippen LogP contribution in [0.4, 0.5) is 22.7 Å². The fourth-order valence-electron chi connectivity index (χ4n) is 2.75. The summed E-state index contributed by atoms with van der Waals surface area (Å²) in [6.45, 7) is 1.05. The number of nitrogens with one attached hydrogen (secondary N) is 2. The third-order valence-electron chi connectivity index (χ3n) is 3.84. The molecule has 0 saturated carbocycles. The Hall–Kier alpha value is -3.95. The summed E-state index contributed by atoms with van der Waals surface area (Å²) >= 11 is 0. The molecule has 0 radical (unpaired) electrons. The minimum Gasteiger partial charge on any atom is -0.423 e. The first-order valence-electron chi connectivity index (χ1n) is 8.23. The molecule has 28 heavy (non-hydrogen) atoms. The van der Waals surface area contributed by atoms with E-state index in [1.54, 1.807) is 24.3 Å². The molecule has 1 heterocycles. The van der Waals surface area contributed by atoms with Crippen molar-refractivity contribution in [3.8, 4) is 5.75 Å². The summed E-state index contributed by atoms with van der Waals surface area (Å²) in [6, 6.07) is 10.5. The zero-order chi connectivity index (χ0) is 20.3. The number of nitro groups is 1. The van der Waals surface area contributed by atoms with Gasteiger partial charge in [0.2, 0.25) is 11.8 Å². The van der Waals surface area contributed by atoms with E-state index in [2.05, 4.69) is 10.6 Å². The normalized spacial score (nSPS) is 12.6. The highest BCUT2D eigenvalue weighted by molar-refractivity contribution is 5.97. The molecule has 0 bridgehead atoms. The highest BCUT2D eigenvalue weighted by Gasteiger charge is 2.27. The average Bonchev–Trinajstić information content (AvgIpc) is 2.60. The monoisotopic (exact) mass is 384 g/mol. The molecule has 1 aliphatic heterocycles. The number of fused-ring (bicyclic) bond motifs is 1. The fraction of sp³-hybridized carbons (Fsp3) is 0.167. The molecule has 0 unspecified atom stereocenters. The Balaban J connectivity index is 1.73. The Kier molecular flexibility index (Phi) is 5.21. The smallest absolute Gasteiger partial charge is 0.331 e. The maximum atomic E-state index is 12.4. The van der Waals surface area contributed by atoms with E-state index in [0.717, 1.165) is 6.07 Å². The largest absolute Gasteiger partial charge is 0.423 e. The number of anilines is 3. The van der Waals surface area contributed by atoms with Crippen LogP contribution in [-0.4, -0.2) is 35.8 Å². The predicted molar refractivity (Wildman–Crippen MR) is 100 cm³/mol. The van der Waals surface area contributed by atoms with Gasteiger partial charge in [0.1, 0.15) is 6.54 Å². The molecule has 0 aliphatic carbocycles. The molecule has 1 aliphatic rings. The lowest BCUT2D eigenvalue weighted by atomic mass is 10.2. The average molecular weight is 384 g/mol. The van der Waals surface area contributed by atoms with E-state index in [-0.39, 0.29) is 30.4 Å². The summed E-state index contributed by atoms with van der Waals surface area (Å²) in [5.74, 6) is -1.22. The minimum atomic E-state index is -0.617. The predicted octanol–water partition coefficient (Wildman–Crippen LogP) is 1.92. The standard InChI is InChI=1S/C18H16N4O6/c1-11(23)19-12-3-2-4-13(7-12)20-17(24)9-21-10-18(25)28-16-8-14(22(26)27)5-6-15(16)21/h2-8H,9-10H2,1H3,(H,19,23)(H,20,24). The number of esters is 1. The number of nitro benzene ring substituents is 1. The highest BCUT2D eigenvalue weighted by atomic mass is 16.6. The second-order valence-corrected chi connectivity index (χ2v) is 6.05. The van der Waals surface area contributed by atoms with E-state index in [1.807, 2.05) is 0 Å². The van der Waals surface area contributed by atoms with Crippen molar-refractivity contribution >= 4 is 40.5 Å². The van der Waals surface area contributed by atoms with E-state index in [0.29, 0.717) is 17.1 Å². The molecule has 10 nitrogen and oxygen atoms in total. The lowest BCUT2D eigenvalue weighted by molar-refractivity contribution is -0.384. The van der Waals surface area contributed by atoms with Gasteiger partial charge < -0.3 is 20.3 Å². The molecule has 144 valence electrons. The zero-order valence-corrected chi connectivity index (χ0v) is 14.8. The van der Waals surface area contributed by atoms with Gasteiger partial charge in [0.05, 0.1) is 23.2 Å². The molecule has 0 aromatic heterocycles. The van der Waals surface area contributed by atoms with Crippen LogP contribution in [0.2, 0.25) is 0 Å². The maximum absolute atomic E-state index is 12.4. The van der Waals surface area contributed by atoms with Crippen LogP contribution in [0.25, 0.3) is 0 Å². The molecule has 2 amide bonds. The van der Waals surface area contributed by atoms with Crippen LogP contribution in [0.1, 0.15) is 6.92 Å². The molecule has 10 heteroatoms. The maximum Gasteiger partial charge on any atom is 0.331 e. The Morgan fingerprint density at radius 3 is 2.57 bits per heavy atom. The van der Waals surface area contributed by atoms with Crippen molar-refractivity contribution in [1.29, 1.82) is 0 Å². The van der Waals surface area contributed by atoms with Crippen molar-refractivity contribution in [1.82, 2.24) is 0 Å². The first-order chi connectivity index (χ1) is 13.3. The summed E-state index contributed by atoms with van der Waals surface area (Å²) < 4.78 is 5.05. The molecule has 2 N–H and O–H groups in total. The second-order valence-electron chi connectivity index (χ2n) is 6.05. The summed E-state index contributed by atoms with van der Waals surface area (Å²) in [5.41, 5.74) is 1.20. The van der Waals surface area contributed by atoms with Crippen LogP contribution in [0, 0.1) is 10.1 Å². The Morgan fingerprint density at radius 1 is 1.18 bits per heavy atom. The van der Waals surface area contributed by atoms with Gasteiger partial charge in [-0.1, -0.05) is 6.07 Å². The third-order valence-corrected chi connectivity index (χ3v) is 3.84. The number of hydrogen-bond acceptors (Lipinski definition) is 7. The molecule has 2 aromatic carbocycles. The Morgan fingerprint density at radius 2 is 1.89 bits per heavy atom. The van der Waals surface area contributed by atoms with E-state index < -0.39 is 16.8 Å². The van der Waals surface area contributed by atoms with Crippen LogP contribution >= 0.6 is 0 Å². The van der Waals surface area contributed by atoms with Crippen molar-refractivity contribution in [2.45, 2.75) is 6.92 Å². The molecule has 0 spiro atoms. The number of amides is 2. The third kappa shape index (κ3) is 4.41. The van der Waals surface area contributed by atoms with Crippen molar-refractivity contribution in [2.75, 3.05) is 28.6 Å². The fourth-order valence-corrected chi connectivity index (χ4v) is 2.75. The van der Waals surface area contributed by atoms with Crippen molar-refractivity contribution in [3.63, 3.8) is 0 Å². The number of non-ortho nitro benzene ring substituents is 1. The van der Waals surface area contributed by atoms with Gasteiger partial charge in [0, 0.05) is 24.4 Å². The van der Waals surface area contributed by atoms with Gasteiger partial charge in [-0.15, -0.1) is 0 Å². The quantitative estimate of drug-likeness (QED) is 0.348. The van der Waals surface area contributed by atoms with Crippen LogP contribution in [0.5, 0.6) is 5.75 Å². The van der Waals surface area contributed by atoms with Crippen molar-refractivity contribution in [3.05, 3.63) is 52.6 Å². The SMILES string of the molecule is CC(=O)Nc1cccc(NC(=O)CN2CC(=O)Oc3cc([N+](=O)[O-])ccc32)c1. The van der Waals surface area contributed by atoms with E-state index in [1.165, 1.54) is 24.0 Å². The van der Waals surface area contributed by atoms with Gasteiger partial charge in [-0.05, 0) is 24.3 Å². The first-order valence-corrected chi connectivity index (χ1v) is 8.23. The van der Waals surface area contributed by atoms with Gasteiger partial charge >= 0.3 is 5.97 Å². The van der Waals surface area contributed by atoms with Gasteiger partial charge in [0.15, 0.2) is 5.75 Å². The summed E-state index contributed by atoms with van der Waals surface area (Å²) in [6.07, 6.45) is 0. The van der Waals surface area contributed by atoms with E-state index in [9.17, 15) is 24.5 Å². The zero-order valence-electron chi connectivity index (χ0n) is 14.8. The van der Waals surface area contributed by atoms with Gasteiger partial charge in [-0.3, -0.25) is 19.7 Å². The molecular weight excluding hydrogens is 368 g/mol. The molecular formula is C18H16N4O6. The van der Waals surface area contributed by atoms with Crippen LogP contribution in [0.15, 0.2) is 42.5 Å². The molecule has 0 fully saturated rings. The summed E-state index contributed by atoms with van der Waals surface area (Å²) in [5, 5.41) is 16.2. The number of benzene rings is 2. The Labute approximate surface area is 159 Å². The van der Waals surface area contributed by atoms with Crippen molar-refractivity contribution in [2.24, 2.45) is 0 Å². The molecule has 0 atom stereocenters. The number of carbonyl (C=O) groups is 3. The number of ether oxygens (including phenoxy) is 1. The molecule has 3 rings (SSSR count). The minimum absolute atomic E-state index is 0.0332. The lowest BCUT2D eigenvalue weighted by Crippen LogP contribution is -2.41. The van der Waals surface area contributed by atoms with Gasteiger partial charge in [-0.2, -0.15) is 0 Å². The summed E-state index contributed by atoms with van der Waals surface area (Å²) in [4.78, 5) is 47.1. The molecule has 0 saturated heterocycles. The van der Waals surface area contributed by atoms with E-state index in [4.69, 9.17) is 4.74 Å². The van der Waals surface area contributed by atoms with Gasteiger partial charge in [-0.25, -0.2) is 4.79 Å².